The molecule has 5 heteroatoms. The second-order valence-corrected chi connectivity index (χ2v) is 7.99. The maximum Gasteiger partial charge on any atom is 0.414 e. The molecule has 0 atom stereocenters. The molecule has 116 valence electrons. The molecule has 21 heavy (non-hydrogen) atoms. The lowest BCUT2D eigenvalue weighted by Gasteiger charge is -2.47. The monoisotopic (exact) mass is 354 g/mol. The number of nitrogens with zero attached hydrogens (tertiary/aromatic N) is 2. The zero-order valence-corrected chi connectivity index (χ0v) is 15.1. The van der Waals surface area contributed by atoms with Gasteiger partial charge in [0, 0.05) is 11.5 Å². The molecule has 1 aliphatic heterocycles. The number of carbonyl (C=O) groups excluding carboxylic acids is 1. The van der Waals surface area contributed by atoms with Crippen molar-refractivity contribution in [2.24, 2.45) is 0 Å². The van der Waals surface area contributed by atoms with Gasteiger partial charge in [-0.05, 0) is 52.8 Å². The van der Waals surface area contributed by atoms with Crippen LogP contribution in [0.15, 0.2) is 22.7 Å². The second kappa shape index (κ2) is 5.20. The van der Waals surface area contributed by atoms with Crippen LogP contribution in [0, 0.1) is 0 Å². The molecule has 0 fully saturated rings. The van der Waals surface area contributed by atoms with E-state index in [9.17, 15) is 4.79 Å². The third-order valence-corrected chi connectivity index (χ3v) is 4.15. The van der Waals surface area contributed by atoms with Gasteiger partial charge in [0.05, 0.1) is 23.5 Å². The van der Waals surface area contributed by atoms with E-state index in [2.05, 4.69) is 41.7 Å². The van der Waals surface area contributed by atoms with Gasteiger partial charge >= 0.3 is 6.09 Å². The lowest BCUT2D eigenvalue weighted by atomic mass is 9.97. The number of fused-ring (bicyclic) bond motifs is 1. The molecule has 1 aromatic rings. The number of halogens is 1. The number of anilines is 2. The highest BCUT2D eigenvalue weighted by molar-refractivity contribution is 9.10. The summed E-state index contributed by atoms with van der Waals surface area (Å²) in [7, 11) is 2.05. The van der Waals surface area contributed by atoms with Crippen molar-refractivity contribution in [3.63, 3.8) is 0 Å². The lowest BCUT2D eigenvalue weighted by molar-refractivity contribution is 0.0571. The summed E-state index contributed by atoms with van der Waals surface area (Å²) in [6.45, 7) is 10.5. The normalized spacial score (nSPS) is 17.5. The quantitative estimate of drug-likeness (QED) is 0.691. The number of carbonyl (C=O) groups is 1. The Morgan fingerprint density at radius 2 is 1.90 bits per heavy atom. The standard InChI is InChI=1S/C16H23BrN2O2/c1-15(2,3)21-14(20)19-10-16(4,5)18(6)13-9-11(17)7-8-12(13)19/h7-9H,10H2,1-6H3. The van der Waals surface area contributed by atoms with E-state index in [1.54, 1.807) is 4.90 Å². The van der Waals surface area contributed by atoms with Crippen molar-refractivity contribution in [3.05, 3.63) is 22.7 Å². The molecule has 2 rings (SSSR count). The van der Waals surface area contributed by atoms with Crippen molar-refractivity contribution in [3.8, 4) is 0 Å². The number of hydrogen-bond acceptors (Lipinski definition) is 3. The molecule has 1 amide bonds. The van der Waals surface area contributed by atoms with Crippen molar-refractivity contribution < 1.29 is 9.53 Å². The van der Waals surface area contributed by atoms with Crippen LogP contribution in [0.1, 0.15) is 34.6 Å². The SMILES string of the molecule is CN1c2cc(Br)ccc2N(C(=O)OC(C)(C)C)CC1(C)C. The Balaban J connectivity index is 2.44. The molecule has 0 aromatic heterocycles. The van der Waals surface area contributed by atoms with Crippen LogP contribution in [-0.4, -0.2) is 30.8 Å². The molecule has 0 saturated heterocycles. The number of ether oxygens (including phenoxy) is 1. The Morgan fingerprint density at radius 1 is 1.29 bits per heavy atom. The van der Waals surface area contributed by atoms with E-state index in [0.717, 1.165) is 15.8 Å². The van der Waals surface area contributed by atoms with Crippen LogP contribution in [0.5, 0.6) is 0 Å². The van der Waals surface area contributed by atoms with E-state index in [0.29, 0.717) is 6.54 Å². The predicted octanol–water partition coefficient (Wildman–Crippen LogP) is 4.42. The molecule has 1 aliphatic rings. The maximum atomic E-state index is 12.5. The lowest BCUT2D eigenvalue weighted by Crippen LogP contribution is -2.56. The first kappa shape index (κ1) is 16.1. The van der Waals surface area contributed by atoms with E-state index in [-0.39, 0.29) is 11.6 Å². The van der Waals surface area contributed by atoms with Crippen LogP contribution in [-0.2, 0) is 4.74 Å². The largest absolute Gasteiger partial charge is 0.443 e. The van der Waals surface area contributed by atoms with Gasteiger partial charge in [-0.1, -0.05) is 15.9 Å². The number of amides is 1. The number of rotatable bonds is 0. The zero-order valence-electron chi connectivity index (χ0n) is 13.5. The van der Waals surface area contributed by atoms with Crippen molar-refractivity contribution in [1.29, 1.82) is 0 Å². The van der Waals surface area contributed by atoms with Gasteiger partial charge in [-0.25, -0.2) is 4.79 Å². The fourth-order valence-electron chi connectivity index (χ4n) is 2.38. The van der Waals surface area contributed by atoms with Gasteiger partial charge in [-0.15, -0.1) is 0 Å². The number of benzene rings is 1. The van der Waals surface area contributed by atoms with Gasteiger partial charge < -0.3 is 9.64 Å². The average molecular weight is 355 g/mol. The van der Waals surface area contributed by atoms with Gasteiger partial charge in [-0.2, -0.15) is 0 Å². The predicted molar refractivity (Wildman–Crippen MR) is 90.2 cm³/mol. The molecule has 0 unspecified atom stereocenters. The van der Waals surface area contributed by atoms with Crippen LogP contribution in [0.4, 0.5) is 16.2 Å². The van der Waals surface area contributed by atoms with E-state index in [4.69, 9.17) is 4.74 Å². The summed E-state index contributed by atoms with van der Waals surface area (Å²) in [5, 5.41) is 0. The van der Waals surface area contributed by atoms with Crippen LogP contribution in [0.25, 0.3) is 0 Å². The first-order valence-corrected chi connectivity index (χ1v) is 7.84. The fraction of sp³-hybridized carbons (Fsp3) is 0.562. The molecule has 4 nitrogen and oxygen atoms in total. The highest BCUT2D eigenvalue weighted by Crippen LogP contribution is 2.40. The Bertz CT molecular complexity index is 564. The molecule has 0 aliphatic carbocycles. The Morgan fingerprint density at radius 3 is 2.48 bits per heavy atom. The first-order valence-electron chi connectivity index (χ1n) is 7.05. The molecule has 0 saturated carbocycles. The van der Waals surface area contributed by atoms with Crippen LogP contribution >= 0.6 is 15.9 Å². The minimum atomic E-state index is -0.500. The highest BCUT2D eigenvalue weighted by Gasteiger charge is 2.38. The fourth-order valence-corrected chi connectivity index (χ4v) is 2.73. The molecular weight excluding hydrogens is 332 g/mol. The summed E-state index contributed by atoms with van der Waals surface area (Å²) in [5.41, 5.74) is 1.24. The Labute approximate surface area is 135 Å². The van der Waals surface area contributed by atoms with Gasteiger partial charge in [-0.3, -0.25) is 4.90 Å². The van der Waals surface area contributed by atoms with Crippen LogP contribution in [0.3, 0.4) is 0 Å². The third-order valence-electron chi connectivity index (χ3n) is 3.66. The second-order valence-electron chi connectivity index (χ2n) is 7.07. The number of hydrogen-bond donors (Lipinski definition) is 0. The van der Waals surface area contributed by atoms with Crippen LogP contribution < -0.4 is 9.80 Å². The highest BCUT2D eigenvalue weighted by atomic mass is 79.9. The topological polar surface area (TPSA) is 32.8 Å². The Kier molecular flexibility index (Phi) is 4.00. The van der Waals surface area contributed by atoms with Crippen molar-refractivity contribution >= 4 is 33.4 Å². The van der Waals surface area contributed by atoms with Gasteiger partial charge in [0.1, 0.15) is 5.60 Å². The average Bonchev–Trinajstić information content (AvgIpc) is 2.32. The molecular formula is C16H23BrN2O2. The molecule has 0 spiro atoms. The van der Waals surface area contributed by atoms with Crippen LogP contribution in [0.2, 0.25) is 0 Å². The molecule has 0 bridgehead atoms. The molecule has 0 radical (unpaired) electrons. The van der Waals surface area contributed by atoms with Crippen molar-refractivity contribution in [2.75, 3.05) is 23.4 Å². The maximum absolute atomic E-state index is 12.5. The van der Waals surface area contributed by atoms with Gasteiger partial charge in [0.15, 0.2) is 0 Å². The third kappa shape index (κ3) is 3.34. The zero-order chi connectivity index (χ0) is 16.0. The van der Waals surface area contributed by atoms with Gasteiger partial charge in [0.25, 0.3) is 0 Å². The summed E-state index contributed by atoms with van der Waals surface area (Å²) in [6.07, 6.45) is -0.299. The smallest absolute Gasteiger partial charge is 0.414 e. The summed E-state index contributed by atoms with van der Waals surface area (Å²) >= 11 is 3.50. The van der Waals surface area contributed by atoms with Crippen molar-refractivity contribution in [2.45, 2.75) is 45.8 Å². The number of likely N-dealkylation sites (N-methyl/N-ethyl adjacent to an activating group) is 1. The molecule has 1 heterocycles. The van der Waals surface area contributed by atoms with Crippen molar-refractivity contribution in [1.82, 2.24) is 0 Å². The summed E-state index contributed by atoms with van der Waals surface area (Å²) in [5.74, 6) is 0. The Hall–Kier alpha value is -1.23. The summed E-state index contributed by atoms with van der Waals surface area (Å²) in [4.78, 5) is 16.5. The minimum absolute atomic E-state index is 0.162. The molecule has 0 N–H and O–H groups in total. The molecule has 1 aromatic carbocycles. The van der Waals surface area contributed by atoms with E-state index < -0.39 is 5.60 Å². The van der Waals surface area contributed by atoms with E-state index in [1.807, 2.05) is 39.0 Å². The minimum Gasteiger partial charge on any atom is -0.443 e. The first-order chi connectivity index (χ1) is 9.51. The van der Waals surface area contributed by atoms with Gasteiger partial charge in [0.2, 0.25) is 0 Å². The summed E-state index contributed by atoms with van der Waals surface area (Å²) in [6, 6.07) is 5.94. The summed E-state index contributed by atoms with van der Waals surface area (Å²) < 4.78 is 6.54. The van der Waals surface area contributed by atoms with E-state index in [1.165, 1.54) is 0 Å². The van der Waals surface area contributed by atoms with E-state index >= 15 is 0 Å².